The minimum absolute atomic E-state index is 0.0313. The molecule has 1 aromatic heterocycles. The fourth-order valence-corrected chi connectivity index (χ4v) is 3.64. The molecule has 1 fully saturated rings. The number of carbonyl (C=O) groups excluding carboxylic acids is 1. The van der Waals surface area contributed by atoms with Gasteiger partial charge in [0.1, 0.15) is 5.82 Å². The fourth-order valence-electron chi connectivity index (χ4n) is 3.64. The van der Waals surface area contributed by atoms with Crippen molar-refractivity contribution in [3.63, 3.8) is 0 Å². The molecule has 2 N–H and O–H groups in total. The lowest BCUT2D eigenvalue weighted by Gasteiger charge is -2.20. The Morgan fingerprint density at radius 3 is 2.78 bits per heavy atom. The molecule has 2 aromatic rings. The second-order valence-electron chi connectivity index (χ2n) is 7.20. The molecule has 1 heterocycles. The number of carbonyl (C=O) groups is 2. The number of aromatic nitrogens is 2. The number of hydrogen-bond acceptors (Lipinski definition) is 3. The van der Waals surface area contributed by atoms with Crippen molar-refractivity contribution in [2.24, 2.45) is 11.8 Å². The van der Waals surface area contributed by atoms with E-state index in [-0.39, 0.29) is 17.6 Å². The van der Waals surface area contributed by atoms with Gasteiger partial charge in [0, 0.05) is 30.8 Å². The Kier molecular flexibility index (Phi) is 5.88. The fraction of sp³-hybridized carbons (Fsp3) is 0.450. The van der Waals surface area contributed by atoms with Gasteiger partial charge in [0.2, 0.25) is 5.91 Å². The van der Waals surface area contributed by atoms with Gasteiger partial charge in [-0.25, -0.2) is 4.39 Å². The summed E-state index contributed by atoms with van der Waals surface area (Å²) in [7, 11) is 1.77. The van der Waals surface area contributed by atoms with E-state index < -0.39 is 11.9 Å². The maximum atomic E-state index is 13.3. The average molecular weight is 373 g/mol. The molecule has 0 radical (unpaired) electrons. The molecular formula is C20H24FN3O3. The van der Waals surface area contributed by atoms with Crippen LogP contribution in [0.25, 0.3) is 11.3 Å². The van der Waals surface area contributed by atoms with Crippen LogP contribution < -0.4 is 0 Å². The molecule has 1 aliphatic carbocycles. The van der Waals surface area contributed by atoms with Gasteiger partial charge in [-0.3, -0.25) is 14.7 Å². The maximum absolute atomic E-state index is 13.3. The second kappa shape index (κ2) is 8.33. The zero-order valence-electron chi connectivity index (χ0n) is 15.3. The number of halogens is 1. The van der Waals surface area contributed by atoms with Crippen LogP contribution in [0.3, 0.4) is 0 Å². The highest BCUT2D eigenvalue weighted by Crippen LogP contribution is 2.32. The summed E-state index contributed by atoms with van der Waals surface area (Å²) in [5, 5.41) is 16.2. The number of nitrogens with one attached hydrogen (secondary N) is 1. The van der Waals surface area contributed by atoms with Crippen molar-refractivity contribution in [1.82, 2.24) is 15.1 Å². The Hall–Kier alpha value is -2.70. The first-order chi connectivity index (χ1) is 12.9. The van der Waals surface area contributed by atoms with Crippen LogP contribution in [-0.2, 0) is 16.0 Å². The predicted octanol–water partition coefficient (Wildman–Crippen LogP) is 3.11. The monoisotopic (exact) mass is 373 g/mol. The Balaban J connectivity index is 1.47. The van der Waals surface area contributed by atoms with E-state index in [0.29, 0.717) is 31.5 Å². The molecule has 0 aliphatic heterocycles. The number of carboxylic acids is 1. The summed E-state index contributed by atoms with van der Waals surface area (Å²) in [5.74, 6) is -1.64. The zero-order chi connectivity index (χ0) is 19.4. The first kappa shape index (κ1) is 19.1. The Morgan fingerprint density at radius 2 is 2.07 bits per heavy atom. The van der Waals surface area contributed by atoms with Crippen molar-refractivity contribution in [1.29, 1.82) is 0 Å². The van der Waals surface area contributed by atoms with Gasteiger partial charge in [0.05, 0.1) is 11.6 Å². The molecule has 1 saturated carbocycles. The van der Waals surface area contributed by atoms with Gasteiger partial charge >= 0.3 is 5.97 Å². The Morgan fingerprint density at radius 1 is 1.30 bits per heavy atom. The first-order valence-corrected chi connectivity index (χ1v) is 9.22. The largest absolute Gasteiger partial charge is 0.481 e. The predicted molar refractivity (Wildman–Crippen MR) is 98.4 cm³/mol. The van der Waals surface area contributed by atoms with Crippen molar-refractivity contribution < 1.29 is 19.1 Å². The molecule has 0 saturated heterocycles. The maximum Gasteiger partial charge on any atom is 0.306 e. The van der Waals surface area contributed by atoms with E-state index in [9.17, 15) is 14.0 Å². The molecular weight excluding hydrogens is 349 g/mol. The van der Waals surface area contributed by atoms with Crippen LogP contribution in [-0.4, -0.2) is 45.7 Å². The van der Waals surface area contributed by atoms with Crippen molar-refractivity contribution in [3.8, 4) is 11.3 Å². The molecule has 0 spiro atoms. The standard InChI is InChI=1S/C20H24FN3O3/c1-24(19(25)14-7-8-15(10-14)20(26)27)9-3-6-17-12-18(23-22-17)13-4-2-5-16(21)11-13/h2,4-5,11-12,14-15H,3,6-10H2,1H3,(H,22,23)(H,26,27)/t14-,15+/m1/s1. The van der Waals surface area contributed by atoms with Crippen molar-refractivity contribution in [2.75, 3.05) is 13.6 Å². The van der Waals surface area contributed by atoms with Gasteiger partial charge in [-0.1, -0.05) is 12.1 Å². The second-order valence-corrected chi connectivity index (χ2v) is 7.20. The van der Waals surface area contributed by atoms with Crippen LogP contribution in [0.5, 0.6) is 0 Å². The third-order valence-electron chi connectivity index (χ3n) is 5.20. The summed E-state index contributed by atoms with van der Waals surface area (Å²) in [6, 6.07) is 8.19. The number of rotatable bonds is 7. The number of H-pyrrole nitrogens is 1. The lowest BCUT2D eigenvalue weighted by Crippen LogP contribution is -2.33. The van der Waals surface area contributed by atoms with Crippen molar-refractivity contribution in [2.45, 2.75) is 32.1 Å². The highest BCUT2D eigenvalue weighted by Gasteiger charge is 2.34. The highest BCUT2D eigenvalue weighted by atomic mass is 19.1. The lowest BCUT2D eigenvalue weighted by molar-refractivity contribution is -0.141. The smallest absolute Gasteiger partial charge is 0.306 e. The summed E-state index contributed by atoms with van der Waals surface area (Å²) in [5.41, 5.74) is 2.35. The summed E-state index contributed by atoms with van der Waals surface area (Å²) < 4.78 is 13.3. The van der Waals surface area contributed by atoms with Gasteiger partial charge in [0.15, 0.2) is 0 Å². The summed E-state index contributed by atoms with van der Waals surface area (Å²) in [6.45, 7) is 0.599. The summed E-state index contributed by atoms with van der Waals surface area (Å²) in [6.07, 6.45) is 3.16. The molecule has 1 amide bonds. The van der Waals surface area contributed by atoms with Gasteiger partial charge in [-0.2, -0.15) is 5.10 Å². The molecule has 0 unspecified atom stereocenters. The highest BCUT2D eigenvalue weighted by molar-refractivity contribution is 5.80. The number of carboxylic acid groups (broad SMARTS) is 1. The third kappa shape index (κ3) is 4.72. The van der Waals surface area contributed by atoms with Gasteiger partial charge in [-0.15, -0.1) is 0 Å². The number of aliphatic carboxylic acids is 1. The molecule has 7 heteroatoms. The minimum Gasteiger partial charge on any atom is -0.481 e. The molecule has 6 nitrogen and oxygen atoms in total. The molecule has 144 valence electrons. The van der Waals surface area contributed by atoms with Crippen LogP contribution in [0.1, 0.15) is 31.4 Å². The molecule has 3 rings (SSSR count). The quantitative estimate of drug-likeness (QED) is 0.781. The molecule has 0 bridgehead atoms. The number of aromatic amines is 1. The topological polar surface area (TPSA) is 86.3 Å². The molecule has 1 aliphatic rings. The molecule has 27 heavy (non-hydrogen) atoms. The van der Waals surface area contributed by atoms with E-state index in [1.165, 1.54) is 12.1 Å². The van der Waals surface area contributed by atoms with E-state index >= 15 is 0 Å². The number of benzene rings is 1. The normalized spacial score (nSPS) is 19.2. The van der Waals surface area contributed by atoms with E-state index in [0.717, 1.165) is 24.1 Å². The third-order valence-corrected chi connectivity index (χ3v) is 5.20. The lowest BCUT2D eigenvalue weighted by atomic mass is 10.0. The minimum atomic E-state index is -0.804. The van der Waals surface area contributed by atoms with Crippen molar-refractivity contribution in [3.05, 3.63) is 41.8 Å². The van der Waals surface area contributed by atoms with Crippen LogP contribution >= 0.6 is 0 Å². The first-order valence-electron chi connectivity index (χ1n) is 9.22. The van der Waals surface area contributed by atoms with E-state index in [1.807, 2.05) is 12.1 Å². The number of nitrogens with zero attached hydrogens (tertiary/aromatic N) is 2. The van der Waals surface area contributed by atoms with Gasteiger partial charge in [0.25, 0.3) is 0 Å². The van der Waals surface area contributed by atoms with Crippen molar-refractivity contribution >= 4 is 11.9 Å². The summed E-state index contributed by atoms with van der Waals surface area (Å²) >= 11 is 0. The van der Waals surface area contributed by atoms with Crippen LogP contribution in [0, 0.1) is 17.7 Å². The van der Waals surface area contributed by atoms with Gasteiger partial charge in [-0.05, 0) is 50.3 Å². The number of aryl methyl sites for hydroxylation is 1. The average Bonchev–Trinajstić information content (AvgIpc) is 3.31. The van der Waals surface area contributed by atoms with Gasteiger partial charge < -0.3 is 10.0 Å². The van der Waals surface area contributed by atoms with E-state index in [4.69, 9.17) is 5.11 Å². The SMILES string of the molecule is CN(CCCc1cc(-c2cccc(F)c2)n[nH]1)C(=O)[C@@H]1CC[C@H](C(=O)O)C1. The summed E-state index contributed by atoms with van der Waals surface area (Å²) in [4.78, 5) is 25.2. The molecule has 1 aromatic carbocycles. The van der Waals surface area contributed by atoms with Crippen LogP contribution in [0.4, 0.5) is 4.39 Å². The number of hydrogen-bond donors (Lipinski definition) is 2. The zero-order valence-corrected chi connectivity index (χ0v) is 15.3. The van der Waals surface area contributed by atoms with E-state index in [2.05, 4.69) is 10.2 Å². The van der Waals surface area contributed by atoms with Crippen LogP contribution in [0.15, 0.2) is 30.3 Å². The Bertz CT molecular complexity index is 820. The van der Waals surface area contributed by atoms with Crippen LogP contribution in [0.2, 0.25) is 0 Å². The number of amides is 1. The van der Waals surface area contributed by atoms with E-state index in [1.54, 1.807) is 18.0 Å². The Labute approximate surface area is 157 Å². The molecule has 2 atom stereocenters.